The van der Waals surface area contributed by atoms with Crippen LogP contribution in [0.1, 0.15) is 122 Å². The molecule has 0 spiro atoms. The summed E-state index contributed by atoms with van der Waals surface area (Å²) in [5, 5.41) is 42.4. The smallest absolute Gasteiger partial charge is 0.200 e. The molecule has 0 atom stereocenters. The number of rotatable bonds is 13. The molecule has 0 heterocycles. The van der Waals surface area contributed by atoms with Gasteiger partial charge in [-0.1, -0.05) is 93.4 Å². The van der Waals surface area contributed by atoms with Crippen molar-refractivity contribution in [2.24, 2.45) is 0 Å². The summed E-state index contributed by atoms with van der Waals surface area (Å²) >= 11 is 12.0. The second-order valence-electron chi connectivity index (χ2n) is 16.1. The van der Waals surface area contributed by atoms with Crippen molar-refractivity contribution in [2.45, 2.75) is 58.8 Å². The summed E-state index contributed by atoms with van der Waals surface area (Å²) in [6, 6.07) is 19.1. The molecule has 0 radical (unpaired) electrons. The Kier molecular flexibility index (Phi) is 13.9. The highest BCUT2D eigenvalue weighted by Crippen LogP contribution is 2.49. The van der Waals surface area contributed by atoms with Crippen LogP contribution in [0.4, 0.5) is 22.7 Å². The van der Waals surface area contributed by atoms with Gasteiger partial charge in [-0.05, 0) is 66.4 Å². The standard InChI is InChI=1S/C26H25ClN2O5.C25H23ClN2O5/c1-2-3-4-5-10-34-14-8-6-13(7-9-14)15-11-17(28)19-21(23(15)30)25(32)20-18(29)12-16(27)24(31)22(20)26(19)33;1-2-3-4-9-33-13-7-5-12(6-8-13)14-10-16(27)18-21(23(14)30)25(32)20-19(24(18)31)17(29)11-15(26)22(20)28/h6-9,11-12,30-31H,2-5,10,28-29H2,1H3;5-8,10-11,29-30H,2-4,9,27-28H2,1H3. The summed E-state index contributed by atoms with van der Waals surface area (Å²) in [6.45, 7) is 5.50. The number of ketones is 4. The number of unbranched alkanes of at least 4 members (excludes halogenated alkanes) is 5. The lowest BCUT2D eigenvalue weighted by Crippen LogP contribution is -2.24. The van der Waals surface area contributed by atoms with Crippen LogP contribution < -0.4 is 32.4 Å². The number of hydrogen-bond donors (Lipinski definition) is 8. The van der Waals surface area contributed by atoms with E-state index in [1.54, 1.807) is 48.5 Å². The fourth-order valence-electron chi connectivity index (χ4n) is 8.22. The molecule has 346 valence electrons. The van der Waals surface area contributed by atoms with Crippen LogP contribution in [0.25, 0.3) is 22.3 Å². The minimum Gasteiger partial charge on any atom is -0.507 e. The van der Waals surface area contributed by atoms with E-state index in [0.29, 0.717) is 35.8 Å². The maximum absolute atomic E-state index is 13.3. The molecular formula is C51H48Cl2N4O10. The molecule has 14 nitrogen and oxygen atoms in total. The van der Waals surface area contributed by atoms with Gasteiger partial charge in [0.1, 0.15) is 34.5 Å². The largest absolute Gasteiger partial charge is 0.507 e. The second kappa shape index (κ2) is 19.6. The van der Waals surface area contributed by atoms with Gasteiger partial charge in [0.05, 0.1) is 73.5 Å². The molecule has 0 aromatic heterocycles. The summed E-state index contributed by atoms with van der Waals surface area (Å²) in [7, 11) is 0. The molecule has 12 N–H and O–H groups in total. The zero-order valence-corrected chi connectivity index (χ0v) is 38.1. The summed E-state index contributed by atoms with van der Waals surface area (Å²) in [5.41, 5.74) is 23.7. The van der Waals surface area contributed by atoms with E-state index in [2.05, 4.69) is 13.8 Å². The predicted octanol–water partition coefficient (Wildman–Crippen LogP) is 10.2. The van der Waals surface area contributed by atoms with E-state index < -0.39 is 46.1 Å². The number of benzene rings is 6. The molecule has 6 aromatic carbocycles. The third-order valence-corrected chi connectivity index (χ3v) is 12.3. The van der Waals surface area contributed by atoms with E-state index in [4.69, 9.17) is 55.6 Å². The number of carbonyl (C=O) groups is 4. The Morgan fingerprint density at radius 3 is 1.30 bits per heavy atom. The van der Waals surface area contributed by atoms with Crippen LogP contribution in [0, 0.1) is 0 Å². The molecule has 2 aliphatic carbocycles. The van der Waals surface area contributed by atoms with E-state index in [1.807, 2.05) is 0 Å². The van der Waals surface area contributed by atoms with Crippen LogP contribution >= 0.6 is 23.2 Å². The number of hydrogen-bond acceptors (Lipinski definition) is 14. The summed E-state index contributed by atoms with van der Waals surface area (Å²) in [6.07, 6.45) is 7.56. The normalized spacial score (nSPS) is 12.4. The van der Waals surface area contributed by atoms with Gasteiger partial charge in [-0.15, -0.1) is 0 Å². The first-order valence-electron chi connectivity index (χ1n) is 21.6. The second-order valence-corrected chi connectivity index (χ2v) is 17.0. The number of ether oxygens (including phenoxy) is 2. The average molecular weight is 948 g/mol. The molecule has 0 bridgehead atoms. The van der Waals surface area contributed by atoms with Gasteiger partial charge in [-0.25, -0.2) is 0 Å². The van der Waals surface area contributed by atoms with Crippen LogP contribution in [-0.4, -0.2) is 56.8 Å². The molecule has 0 amide bonds. The Hall–Kier alpha value is -7.42. The molecule has 67 heavy (non-hydrogen) atoms. The van der Waals surface area contributed by atoms with Crippen LogP contribution in [0.15, 0.2) is 72.8 Å². The van der Waals surface area contributed by atoms with Crippen molar-refractivity contribution in [1.82, 2.24) is 0 Å². The Morgan fingerprint density at radius 1 is 0.448 bits per heavy atom. The Labute approximate surface area is 395 Å². The summed E-state index contributed by atoms with van der Waals surface area (Å²) < 4.78 is 11.5. The first-order valence-corrected chi connectivity index (χ1v) is 22.4. The average Bonchev–Trinajstić information content (AvgIpc) is 3.30. The van der Waals surface area contributed by atoms with E-state index in [-0.39, 0.29) is 88.4 Å². The minimum atomic E-state index is -0.739. The number of fused-ring (bicyclic) bond motifs is 4. The lowest BCUT2D eigenvalue weighted by atomic mass is 9.80. The van der Waals surface area contributed by atoms with Crippen molar-refractivity contribution >= 4 is 69.1 Å². The van der Waals surface area contributed by atoms with Crippen LogP contribution in [0.2, 0.25) is 10.0 Å². The van der Waals surface area contributed by atoms with Gasteiger partial charge in [-0.2, -0.15) is 0 Å². The van der Waals surface area contributed by atoms with Gasteiger partial charge in [0.2, 0.25) is 23.1 Å². The first-order chi connectivity index (χ1) is 32.0. The number of phenolic OH excluding ortho intramolecular Hbond substituents is 4. The Morgan fingerprint density at radius 2 is 0.836 bits per heavy atom. The fourth-order valence-corrected chi connectivity index (χ4v) is 8.63. The highest BCUT2D eigenvalue weighted by Gasteiger charge is 2.41. The molecule has 8 rings (SSSR count). The quantitative estimate of drug-likeness (QED) is 0.0303. The molecular weight excluding hydrogens is 899 g/mol. The fraction of sp³-hybridized carbons (Fsp3) is 0.216. The van der Waals surface area contributed by atoms with Gasteiger partial charge in [0.15, 0.2) is 0 Å². The van der Waals surface area contributed by atoms with Crippen LogP contribution in [0.5, 0.6) is 34.5 Å². The zero-order chi connectivity index (χ0) is 48.4. The zero-order valence-electron chi connectivity index (χ0n) is 36.6. The van der Waals surface area contributed by atoms with Gasteiger partial charge in [0.25, 0.3) is 0 Å². The molecule has 0 saturated heterocycles. The highest BCUT2D eigenvalue weighted by molar-refractivity contribution is 6.39. The van der Waals surface area contributed by atoms with Crippen LogP contribution in [-0.2, 0) is 0 Å². The van der Waals surface area contributed by atoms with Crippen molar-refractivity contribution < 1.29 is 49.1 Å². The molecule has 2 aliphatic rings. The summed E-state index contributed by atoms with van der Waals surface area (Å²) in [4.78, 5) is 53.0. The number of phenols is 4. The minimum absolute atomic E-state index is 0.00499. The van der Waals surface area contributed by atoms with Gasteiger partial charge in [0, 0.05) is 34.3 Å². The number of halogens is 2. The molecule has 0 fully saturated rings. The van der Waals surface area contributed by atoms with Gasteiger partial charge < -0.3 is 52.8 Å². The lowest BCUT2D eigenvalue weighted by molar-refractivity contribution is 0.0975. The topological polar surface area (TPSA) is 272 Å². The maximum Gasteiger partial charge on any atom is 0.200 e. The number of carbonyl (C=O) groups excluding carboxylic acids is 4. The monoisotopic (exact) mass is 946 g/mol. The van der Waals surface area contributed by atoms with Crippen molar-refractivity contribution in [3.8, 4) is 56.8 Å². The first kappa shape index (κ1) is 47.5. The van der Waals surface area contributed by atoms with E-state index in [1.165, 1.54) is 24.6 Å². The number of nitrogen functional groups attached to an aromatic ring is 4. The summed E-state index contributed by atoms with van der Waals surface area (Å²) in [5.74, 6) is -3.37. The van der Waals surface area contributed by atoms with Crippen molar-refractivity contribution in [3.05, 3.63) is 127 Å². The maximum atomic E-state index is 13.3. The predicted molar refractivity (Wildman–Crippen MR) is 259 cm³/mol. The van der Waals surface area contributed by atoms with Crippen molar-refractivity contribution in [1.29, 1.82) is 0 Å². The molecule has 0 saturated carbocycles. The number of nitrogens with two attached hydrogens (primary N) is 4. The van der Waals surface area contributed by atoms with E-state index in [9.17, 15) is 39.6 Å². The Bertz CT molecular complexity index is 2990. The molecule has 16 heteroatoms. The molecule has 0 unspecified atom stereocenters. The third kappa shape index (κ3) is 8.85. The SMILES string of the molecule is CCCCCCOc1ccc(-c2cc(N)c3c(c2O)C(=O)c2c(N)cc(Cl)c(O)c2C3=O)cc1.CCCCCOc1ccc(-c2cc(N)c3c(c2O)C(=O)c2c(N)c(Cl)cc(O)c2C3=O)cc1. The van der Waals surface area contributed by atoms with Crippen LogP contribution in [0.3, 0.4) is 0 Å². The highest BCUT2D eigenvalue weighted by atomic mass is 35.5. The molecule has 0 aliphatic heterocycles. The number of anilines is 4. The Balaban J connectivity index is 0.000000199. The van der Waals surface area contributed by atoms with E-state index in [0.717, 1.165) is 44.6 Å². The van der Waals surface area contributed by atoms with Gasteiger partial charge >= 0.3 is 0 Å². The van der Waals surface area contributed by atoms with Crippen molar-refractivity contribution in [2.75, 3.05) is 36.1 Å². The third-order valence-electron chi connectivity index (χ3n) is 11.7. The molecule has 6 aromatic rings. The van der Waals surface area contributed by atoms with Gasteiger partial charge in [-0.3, -0.25) is 19.2 Å². The lowest BCUT2D eigenvalue weighted by Gasteiger charge is -2.24. The van der Waals surface area contributed by atoms with Crippen molar-refractivity contribution in [3.63, 3.8) is 0 Å². The van der Waals surface area contributed by atoms with E-state index >= 15 is 0 Å². The number of aromatic hydroxyl groups is 4.